The van der Waals surface area contributed by atoms with Gasteiger partial charge in [0.25, 0.3) is 0 Å². The first-order valence-electron chi connectivity index (χ1n) is 11.5. The van der Waals surface area contributed by atoms with E-state index in [0.717, 1.165) is 22.1 Å². The fourth-order valence-corrected chi connectivity index (χ4v) is 3.96. The Morgan fingerprint density at radius 1 is 0.944 bits per heavy atom. The second kappa shape index (κ2) is 11.0. The van der Waals surface area contributed by atoms with E-state index in [-0.39, 0.29) is 43.3 Å². The van der Waals surface area contributed by atoms with Gasteiger partial charge in [0.1, 0.15) is 35.6 Å². The number of nitrogens with zero attached hydrogens (tertiary/aromatic N) is 1. The van der Waals surface area contributed by atoms with Crippen molar-refractivity contribution in [1.82, 2.24) is 4.98 Å². The monoisotopic (exact) mass is 489 g/mol. The number of ether oxygens (including phenoxy) is 3. The largest absolute Gasteiger partial charge is 0.494 e. The number of Topliss-reactive ketones (excluding diaryl/α,β-unsaturated/α-hetero) is 2. The van der Waals surface area contributed by atoms with E-state index in [4.69, 9.17) is 23.7 Å². The van der Waals surface area contributed by atoms with E-state index in [1.165, 1.54) is 7.11 Å². The number of aromatic nitrogens is 1. The predicted octanol–water partition coefficient (Wildman–Crippen LogP) is 5.04. The molecule has 186 valence electrons. The Hall–Kier alpha value is -4.17. The number of ketones is 2. The molecule has 0 saturated carbocycles. The highest BCUT2D eigenvalue weighted by Gasteiger charge is 2.19. The van der Waals surface area contributed by atoms with Crippen LogP contribution < -0.4 is 14.2 Å². The number of methoxy groups -OCH3 is 2. The maximum Gasteiger partial charge on any atom is 0.181 e. The van der Waals surface area contributed by atoms with Crippen LogP contribution in [0.2, 0.25) is 0 Å². The van der Waals surface area contributed by atoms with E-state index >= 15 is 0 Å². The van der Waals surface area contributed by atoms with Gasteiger partial charge in [-0.1, -0.05) is 18.2 Å². The quantitative estimate of drug-likeness (QED) is 0.292. The maximum absolute atomic E-state index is 13.0. The number of pyridine rings is 1. The van der Waals surface area contributed by atoms with Crippen LogP contribution in [0.25, 0.3) is 22.2 Å². The summed E-state index contributed by atoms with van der Waals surface area (Å²) in [6, 6.07) is 13.9. The summed E-state index contributed by atoms with van der Waals surface area (Å²) in [4.78, 5) is 30.3. The van der Waals surface area contributed by atoms with Gasteiger partial charge in [0.15, 0.2) is 23.1 Å². The highest BCUT2D eigenvalue weighted by atomic mass is 16.5. The van der Waals surface area contributed by atoms with Gasteiger partial charge in [0.05, 0.1) is 26.4 Å². The van der Waals surface area contributed by atoms with Crippen molar-refractivity contribution in [2.45, 2.75) is 19.8 Å². The molecular weight excluding hydrogens is 462 g/mol. The van der Waals surface area contributed by atoms with Crippen molar-refractivity contribution in [2.24, 2.45) is 0 Å². The molecule has 0 bridgehead atoms. The molecule has 2 heterocycles. The summed E-state index contributed by atoms with van der Waals surface area (Å²) in [6.45, 7) is 1.94. The number of hydrogen-bond acceptors (Lipinski definition) is 8. The highest BCUT2D eigenvalue weighted by molar-refractivity contribution is 6.02. The lowest BCUT2D eigenvalue weighted by Crippen LogP contribution is -2.08. The molecule has 36 heavy (non-hydrogen) atoms. The highest BCUT2D eigenvalue weighted by Crippen LogP contribution is 2.36. The molecule has 0 unspecified atom stereocenters. The molecule has 2 aromatic heterocycles. The van der Waals surface area contributed by atoms with Crippen LogP contribution in [0, 0.1) is 6.92 Å². The summed E-state index contributed by atoms with van der Waals surface area (Å²) in [5.74, 6) is 0.856. The van der Waals surface area contributed by atoms with Crippen molar-refractivity contribution < 1.29 is 33.3 Å². The Morgan fingerprint density at radius 3 is 2.44 bits per heavy atom. The van der Waals surface area contributed by atoms with Crippen LogP contribution in [0.15, 0.2) is 59.2 Å². The van der Waals surface area contributed by atoms with Gasteiger partial charge in [-0.25, -0.2) is 4.98 Å². The van der Waals surface area contributed by atoms with Gasteiger partial charge in [-0.05, 0) is 42.8 Å². The van der Waals surface area contributed by atoms with Gasteiger partial charge < -0.3 is 23.7 Å². The van der Waals surface area contributed by atoms with Gasteiger partial charge in [0, 0.05) is 23.8 Å². The van der Waals surface area contributed by atoms with Crippen LogP contribution in [0.4, 0.5) is 0 Å². The third kappa shape index (κ3) is 5.08. The average Bonchev–Trinajstić information content (AvgIpc) is 3.35. The molecule has 8 nitrogen and oxygen atoms in total. The fourth-order valence-electron chi connectivity index (χ4n) is 3.96. The Labute approximate surface area is 208 Å². The van der Waals surface area contributed by atoms with Crippen LogP contribution in [0.3, 0.4) is 0 Å². The van der Waals surface area contributed by atoms with Gasteiger partial charge in [0.2, 0.25) is 0 Å². The van der Waals surface area contributed by atoms with Crippen molar-refractivity contribution in [3.8, 4) is 28.5 Å². The smallest absolute Gasteiger partial charge is 0.181 e. The van der Waals surface area contributed by atoms with Crippen molar-refractivity contribution in [3.05, 3.63) is 71.6 Å². The van der Waals surface area contributed by atoms with E-state index in [1.807, 2.05) is 25.1 Å². The number of aliphatic hydroxyl groups excluding tert-OH is 1. The van der Waals surface area contributed by atoms with E-state index in [0.29, 0.717) is 28.5 Å². The van der Waals surface area contributed by atoms with Crippen LogP contribution in [-0.2, 0) is 0 Å². The molecule has 1 N–H and O–H groups in total. The van der Waals surface area contributed by atoms with Gasteiger partial charge in [-0.3, -0.25) is 9.59 Å². The third-order valence-corrected chi connectivity index (χ3v) is 5.83. The summed E-state index contributed by atoms with van der Waals surface area (Å²) >= 11 is 0. The molecule has 0 atom stereocenters. The lowest BCUT2D eigenvalue weighted by Gasteiger charge is -2.11. The first kappa shape index (κ1) is 24.9. The summed E-state index contributed by atoms with van der Waals surface area (Å²) in [6.07, 6.45) is 1.62. The van der Waals surface area contributed by atoms with E-state index < -0.39 is 0 Å². The Bertz CT molecular complexity index is 1410. The van der Waals surface area contributed by atoms with Crippen molar-refractivity contribution in [2.75, 3.05) is 27.4 Å². The number of furan rings is 1. The zero-order valence-electron chi connectivity index (χ0n) is 20.4. The van der Waals surface area contributed by atoms with Crippen LogP contribution in [-0.4, -0.2) is 49.1 Å². The molecule has 4 aromatic rings. The lowest BCUT2D eigenvalue weighted by atomic mass is 10.0. The third-order valence-electron chi connectivity index (χ3n) is 5.83. The van der Waals surface area contributed by atoms with Crippen LogP contribution in [0.1, 0.15) is 39.3 Å². The number of para-hydroxylation sites is 1. The van der Waals surface area contributed by atoms with Gasteiger partial charge in [-0.2, -0.15) is 0 Å². The minimum absolute atomic E-state index is 0.00603. The van der Waals surface area contributed by atoms with Crippen LogP contribution >= 0.6 is 0 Å². The van der Waals surface area contributed by atoms with E-state index in [9.17, 15) is 9.59 Å². The molecule has 0 radical (unpaired) electrons. The van der Waals surface area contributed by atoms with Gasteiger partial charge >= 0.3 is 0 Å². The molecule has 0 fully saturated rings. The minimum Gasteiger partial charge on any atom is -0.494 e. The maximum atomic E-state index is 13.0. The second-order valence-corrected chi connectivity index (χ2v) is 8.13. The summed E-state index contributed by atoms with van der Waals surface area (Å²) < 4.78 is 21.9. The topological polar surface area (TPSA) is 108 Å². The number of carbonyl (C=O) groups excluding carboxylic acids is 2. The van der Waals surface area contributed by atoms with E-state index in [1.54, 1.807) is 43.7 Å². The molecule has 2 aromatic carbocycles. The molecule has 0 aliphatic heterocycles. The van der Waals surface area contributed by atoms with Crippen molar-refractivity contribution in [3.63, 3.8) is 0 Å². The van der Waals surface area contributed by atoms with E-state index in [2.05, 4.69) is 4.98 Å². The first-order chi connectivity index (χ1) is 17.5. The van der Waals surface area contributed by atoms with Crippen molar-refractivity contribution in [1.29, 1.82) is 0 Å². The number of fused-ring (bicyclic) bond motifs is 1. The zero-order valence-corrected chi connectivity index (χ0v) is 20.4. The molecule has 0 aliphatic carbocycles. The fraction of sp³-hybridized carbons (Fsp3) is 0.250. The number of carbonyl (C=O) groups is 2. The minimum atomic E-state index is -0.258. The van der Waals surface area contributed by atoms with Crippen molar-refractivity contribution >= 4 is 22.5 Å². The lowest BCUT2D eigenvalue weighted by molar-refractivity contribution is 0.0914. The summed E-state index contributed by atoms with van der Waals surface area (Å²) in [7, 11) is 3.01. The number of aliphatic hydroxyl groups is 1. The Balaban J connectivity index is 1.52. The molecule has 0 spiro atoms. The SMILES string of the molecule is COc1cc(C(=O)CCC(=O)c2ccc(OC)c(-c3coc4c(C)cccc34)n2)ccc1OCCO. The molecule has 0 aliphatic rings. The van der Waals surface area contributed by atoms with Crippen LogP contribution in [0.5, 0.6) is 17.2 Å². The predicted molar refractivity (Wildman–Crippen MR) is 134 cm³/mol. The summed E-state index contributed by atoms with van der Waals surface area (Å²) in [5, 5.41) is 9.81. The standard InChI is InChI=1S/C28H27NO7/c1-17-5-4-6-19-20(16-36-28(17)19)27-25(33-2)12-8-21(29-27)23(32)10-9-22(31)18-7-11-24(35-14-13-30)26(15-18)34-3/h4-8,11-12,15-16,30H,9-10,13-14H2,1-3H3. The first-order valence-corrected chi connectivity index (χ1v) is 11.5. The molecular formula is C28H27NO7. The number of hydrogen-bond donors (Lipinski definition) is 1. The number of aryl methyl sites for hydroxylation is 1. The van der Waals surface area contributed by atoms with Gasteiger partial charge in [-0.15, -0.1) is 0 Å². The molecule has 8 heteroatoms. The summed E-state index contributed by atoms with van der Waals surface area (Å²) in [5.41, 5.74) is 3.62. The molecule has 4 rings (SSSR count). The Morgan fingerprint density at radius 2 is 1.69 bits per heavy atom. The molecule has 0 saturated heterocycles. The number of benzene rings is 2. The zero-order chi connectivity index (χ0) is 25.7. The molecule has 0 amide bonds. The number of rotatable bonds is 11. The second-order valence-electron chi connectivity index (χ2n) is 8.13. The normalized spacial score (nSPS) is 10.9. The average molecular weight is 490 g/mol. The Kier molecular flexibility index (Phi) is 7.65.